The van der Waals surface area contributed by atoms with Crippen molar-refractivity contribution in [2.24, 2.45) is 11.8 Å². The van der Waals surface area contributed by atoms with Crippen LogP contribution in [0.5, 0.6) is 0 Å². The molecule has 1 saturated carbocycles. The van der Waals surface area contributed by atoms with Gasteiger partial charge in [-0.05, 0) is 31.7 Å². The van der Waals surface area contributed by atoms with E-state index in [0.717, 1.165) is 25.7 Å². The first-order valence-corrected chi connectivity index (χ1v) is 10.5. The van der Waals surface area contributed by atoms with Gasteiger partial charge in [-0.1, -0.05) is 12.8 Å². The molecule has 2 atom stereocenters. The number of carbonyl (C=O) groups is 4. The number of nitrogens with one attached hydrogen (secondary N) is 1. The van der Waals surface area contributed by atoms with Crippen molar-refractivity contribution in [3.05, 3.63) is 24.2 Å². The third kappa shape index (κ3) is 4.06. The first-order chi connectivity index (χ1) is 14.0. The average Bonchev–Trinajstić information content (AvgIpc) is 3.35. The summed E-state index contributed by atoms with van der Waals surface area (Å²) in [5, 5.41) is 2.98. The summed E-state index contributed by atoms with van der Waals surface area (Å²) in [4.78, 5) is 52.7. The molecule has 0 radical (unpaired) electrons. The SMILES string of the molecule is O=C(CCN1C(=O)C2CCCCC2C1=O)NC1CCN(C(=O)c2ccoc2)CC1. The fourth-order valence-corrected chi connectivity index (χ4v) is 4.76. The number of fused-ring (bicyclic) bond motifs is 1. The third-order valence-corrected chi connectivity index (χ3v) is 6.41. The molecule has 1 aromatic heterocycles. The maximum Gasteiger partial charge on any atom is 0.257 e. The van der Waals surface area contributed by atoms with E-state index in [1.54, 1.807) is 11.0 Å². The van der Waals surface area contributed by atoms with Gasteiger partial charge in [0.1, 0.15) is 6.26 Å². The Morgan fingerprint density at radius 3 is 2.28 bits per heavy atom. The molecule has 0 bridgehead atoms. The Labute approximate surface area is 169 Å². The summed E-state index contributed by atoms with van der Waals surface area (Å²) in [7, 11) is 0. The van der Waals surface area contributed by atoms with E-state index in [1.165, 1.54) is 17.4 Å². The highest BCUT2D eigenvalue weighted by Crippen LogP contribution is 2.37. The molecular weight excluding hydrogens is 374 g/mol. The highest BCUT2D eigenvalue weighted by atomic mass is 16.3. The average molecular weight is 401 g/mol. The number of carbonyl (C=O) groups excluding carboxylic acids is 4. The number of rotatable bonds is 5. The van der Waals surface area contributed by atoms with Crippen LogP contribution in [0.4, 0.5) is 0 Å². The minimum Gasteiger partial charge on any atom is -0.472 e. The zero-order chi connectivity index (χ0) is 20.4. The fraction of sp³-hybridized carbons (Fsp3) is 0.619. The summed E-state index contributed by atoms with van der Waals surface area (Å²) >= 11 is 0. The fourth-order valence-electron chi connectivity index (χ4n) is 4.76. The normalized spacial score (nSPS) is 25.2. The number of likely N-dealkylation sites (tertiary alicyclic amines) is 2. The molecule has 29 heavy (non-hydrogen) atoms. The van der Waals surface area contributed by atoms with Crippen LogP contribution in [0, 0.1) is 11.8 Å². The largest absolute Gasteiger partial charge is 0.472 e. The van der Waals surface area contributed by atoms with Gasteiger partial charge in [-0.3, -0.25) is 24.1 Å². The Kier molecular flexibility index (Phi) is 5.69. The van der Waals surface area contributed by atoms with E-state index in [2.05, 4.69) is 5.32 Å². The van der Waals surface area contributed by atoms with Crippen molar-refractivity contribution >= 4 is 23.6 Å². The number of hydrogen-bond acceptors (Lipinski definition) is 5. The predicted molar refractivity (Wildman–Crippen MR) is 103 cm³/mol. The van der Waals surface area contributed by atoms with Gasteiger partial charge in [-0.25, -0.2) is 0 Å². The molecule has 3 aliphatic rings. The number of hydrogen-bond donors (Lipinski definition) is 1. The molecule has 0 spiro atoms. The summed E-state index contributed by atoms with van der Waals surface area (Å²) in [6, 6.07) is 1.65. The van der Waals surface area contributed by atoms with Gasteiger partial charge in [0, 0.05) is 32.1 Å². The van der Waals surface area contributed by atoms with Gasteiger partial charge in [0.25, 0.3) is 5.91 Å². The highest BCUT2D eigenvalue weighted by molar-refractivity contribution is 6.05. The number of nitrogens with zero attached hydrogens (tertiary/aromatic N) is 2. The molecule has 3 heterocycles. The quantitative estimate of drug-likeness (QED) is 0.755. The van der Waals surface area contributed by atoms with Crippen LogP contribution in [-0.2, 0) is 14.4 Å². The predicted octanol–water partition coefficient (Wildman–Crippen LogP) is 1.57. The molecule has 2 unspecified atom stereocenters. The molecule has 8 heteroatoms. The molecule has 1 aliphatic carbocycles. The molecule has 1 N–H and O–H groups in total. The first-order valence-electron chi connectivity index (χ1n) is 10.5. The third-order valence-electron chi connectivity index (χ3n) is 6.41. The van der Waals surface area contributed by atoms with Crippen LogP contribution in [0.15, 0.2) is 23.0 Å². The minimum atomic E-state index is -0.170. The zero-order valence-electron chi connectivity index (χ0n) is 16.5. The highest BCUT2D eigenvalue weighted by Gasteiger charge is 2.47. The van der Waals surface area contributed by atoms with Crippen LogP contribution >= 0.6 is 0 Å². The van der Waals surface area contributed by atoms with Crippen molar-refractivity contribution < 1.29 is 23.6 Å². The molecule has 0 aromatic carbocycles. The second kappa shape index (κ2) is 8.39. The van der Waals surface area contributed by atoms with Crippen molar-refractivity contribution in [2.75, 3.05) is 19.6 Å². The van der Waals surface area contributed by atoms with Crippen molar-refractivity contribution in [3.8, 4) is 0 Å². The van der Waals surface area contributed by atoms with Gasteiger partial charge in [0.2, 0.25) is 17.7 Å². The maximum atomic E-state index is 12.5. The monoisotopic (exact) mass is 401 g/mol. The Bertz CT molecular complexity index is 758. The first kappa shape index (κ1) is 19.7. The van der Waals surface area contributed by atoms with E-state index in [-0.39, 0.29) is 54.5 Å². The van der Waals surface area contributed by atoms with Crippen molar-refractivity contribution in [1.82, 2.24) is 15.1 Å². The molecule has 4 rings (SSSR count). The van der Waals surface area contributed by atoms with Crippen LogP contribution in [0.3, 0.4) is 0 Å². The van der Waals surface area contributed by atoms with Crippen LogP contribution in [-0.4, -0.2) is 59.1 Å². The van der Waals surface area contributed by atoms with Gasteiger partial charge < -0.3 is 14.6 Å². The van der Waals surface area contributed by atoms with Crippen LogP contribution in [0.25, 0.3) is 0 Å². The lowest BCUT2D eigenvalue weighted by Gasteiger charge is -2.32. The standard InChI is InChI=1S/C21H27N3O5/c25-18(7-11-24-20(27)16-3-1-2-4-17(16)21(24)28)22-15-5-9-23(10-6-15)19(26)14-8-12-29-13-14/h8,12-13,15-17H,1-7,9-11H2,(H,22,25). The van der Waals surface area contributed by atoms with Gasteiger partial charge in [0.05, 0.1) is 23.7 Å². The summed E-state index contributed by atoms with van der Waals surface area (Å²) in [6.45, 7) is 1.30. The van der Waals surface area contributed by atoms with Gasteiger partial charge in [0.15, 0.2) is 0 Å². The van der Waals surface area contributed by atoms with Crippen LogP contribution < -0.4 is 5.32 Å². The van der Waals surface area contributed by atoms with Gasteiger partial charge in [-0.15, -0.1) is 0 Å². The number of piperidine rings is 1. The number of amides is 4. The van der Waals surface area contributed by atoms with Crippen LogP contribution in [0.2, 0.25) is 0 Å². The maximum absolute atomic E-state index is 12.5. The summed E-state index contributed by atoms with van der Waals surface area (Å²) in [5.41, 5.74) is 0.535. The zero-order valence-corrected chi connectivity index (χ0v) is 16.5. The molecular formula is C21H27N3O5. The number of imide groups is 1. The Balaban J connectivity index is 1.21. The summed E-state index contributed by atoms with van der Waals surface area (Å²) in [5.74, 6) is -0.749. The van der Waals surface area contributed by atoms with Crippen molar-refractivity contribution in [2.45, 2.75) is 51.0 Å². The minimum absolute atomic E-state index is 0.00321. The molecule has 3 fully saturated rings. The van der Waals surface area contributed by atoms with E-state index < -0.39 is 0 Å². The second-order valence-electron chi connectivity index (χ2n) is 8.22. The van der Waals surface area contributed by atoms with Crippen molar-refractivity contribution in [3.63, 3.8) is 0 Å². The summed E-state index contributed by atoms with van der Waals surface area (Å²) in [6.07, 6.45) is 7.97. The molecule has 2 aliphatic heterocycles. The molecule has 8 nitrogen and oxygen atoms in total. The Hall–Kier alpha value is -2.64. The molecule has 1 aromatic rings. The Morgan fingerprint density at radius 1 is 1.03 bits per heavy atom. The summed E-state index contributed by atoms with van der Waals surface area (Å²) < 4.78 is 4.96. The van der Waals surface area contributed by atoms with Gasteiger partial charge >= 0.3 is 0 Å². The lowest BCUT2D eigenvalue weighted by molar-refractivity contribution is -0.140. The van der Waals surface area contributed by atoms with Gasteiger partial charge in [-0.2, -0.15) is 0 Å². The molecule has 4 amide bonds. The van der Waals surface area contributed by atoms with Crippen molar-refractivity contribution in [1.29, 1.82) is 0 Å². The lowest BCUT2D eigenvalue weighted by atomic mass is 9.81. The van der Waals surface area contributed by atoms with E-state index in [9.17, 15) is 19.2 Å². The van der Waals surface area contributed by atoms with E-state index in [4.69, 9.17) is 4.42 Å². The van der Waals surface area contributed by atoms with E-state index in [0.29, 0.717) is 31.5 Å². The second-order valence-corrected chi connectivity index (χ2v) is 8.22. The topological polar surface area (TPSA) is 99.9 Å². The lowest BCUT2D eigenvalue weighted by Crippen LogP contribution is -2.47. The van der Waals surface area contributed by atoms with Crippen LogP contribution in [0.1, 0.15) is 55.3 Å². The molecule has 156 valence electrons. The number of furan rings is 1. The smallest absolute Gasteiger partial charge is 0.257 e. The van der Waals surface area contributed by atoms with E-state index >= 15 is 0 Å². The Morgan fingerprint density at radius 2 is 1.69 bits per heavy atom. The van der Waals surface area contributed by atoms with E-state index in [1.807, 2.05) is 0 Å². The molecule has 2 saturated heterocycles.